The van der Waals surface area contributed by atoms with E-state index < -0.39 is 72.7 Å². The zero-order valence-corrected chi connectivity index (χ0v) is 26.6. The number of benzene rings is 2. The van der Waals surface area contributed by atoms with Crippen molar-refractivity contribution in [2.75, 3.05) is 13.2 Å². The summed E-state index contributed by atoms with van der Waals surface area (Å²) in [5.74, 6) is -0.626. The van der Waals surface area contributed by atoms with Gasteiger partial charge >= 0.3 is 7.12 Å². The van der Waals surface area contributed by atoms with E-state index in [-0.39, 0.29) is 17.3 Å². The maximum Gasteiger partial charge on any atom is 0.475 e. The molecule has 1 saturated carbocycles. The number of nitrogens with zero attached hydrogens (tertiary/aromatic N) is 2. The summed E-state index contributed by atoms with van der Waals surface area (Å²) in [7, 11) is -6.00. The largest absolute Gasteiger partial charge is 0.475 e. The van der Waals surface area contributed by atoms with E-state index in [1.54, 1.807) is 48.5 Å². The van der Waals surface area contributed by atoms with Crippen LogP contribution in [-0.4, -0.2) is 122 Å². The van der Waals surface area contributed by atoms with Crippen molar-refractivity contribution in [1.29, 1.82) is 0 Å². The fourth-order valence-corrected chi connectivity index (χ4v) is 5.38. The number of carbonyl (C=O) groups is 1. The molecule has 1 aromatic heterocycles. The molecule has 2 aromatic carbocycles. The highest BCUT2D eigenvalue weighted by atomic mass is 32.2. The number of aromatic nitrogens is 2. The Labute approximate surface area is 277 Å². The monoisotopic (exact) mass is 692 g/mol. The fraction of sp³-hybridized carbons (Fsp3) is 0.433. The van der Waals surface area contributed by atoms with Gasteiger partial charge in [-0.3, -0.25) is 4.79 Å². The lowest BCUT2D eigenvalue weighted by molar-refractivity contribution is -0.123. The van der Waals surface area contributed by atoms with E-state index in [1.807, 2.05) is 12.1 Å². The van der Waals surface area contributed by atoms with Crippen molar-refractivity contribution in [2.45, 2.75) is 67.1 Å². The maximum absolute atomic E-state index is 13.1. The molecular weight excluding hydrogens is 651 g/mol. The van der Waals surface area contributed by atoms with Crippen molar-refractivity contribution in [1.82, 2.24) is 20.0 Å². The second kappa shape index (κ2) is 18.8. The summed E-state index contributed by atoms with van der Waals surface area (Å²) >= 11 is 0. The fourth-order valence-electron chi connectivity index (χ4n) is 4.31. The van der Waals surface area contributed by atoms with Gasteiger partial charge in [-0.05, 0) is 36.5 Å². The van der Waals surface area contributed by atoms with Crippen LogP contribution >= 0.6 is 0 Å². The van der Waals surface area contributed by atoms with Gasteiger partial charge in [0.15, 0.2) is 5.03 Å². The molecule has 10 N–H and O–H groups in total. The second-order valence-electron chi connectivity index (χ2n) is 11.2. The van der Waals surface area contributed by atoms with Crippen LogP contribution in [0.25, 0.3) is 0 Å². The van der Waals surface area contributed by atoms with Gasteiger partial charge in [0.1, 0.15) is 36.2 Å². The summed E-state index contributed by atoms with van der Waals surface area (Å²) in [6, 6.07) is 16.5. The maximum atomic E-state index is 13.1. The molecule has 4 rings (SSSR count). The molecule has 48 heavy (non-hydrogen) atoms. The SMILES string of the molecule is O=C(N[C@@H](CC1CC1)B(O)O)[C@H](Cc1ccccc1)NS(=O)(=O)c1cnc(Oc2ccccc2)cn1.OC[C@@H](O)[C@@H](O)[C@H](O)[C@H](O)CO. The normalized spacial score (nSPS) is 16.7. The zero-order chi connectivity index (χ0) is 35.3. The van der Waals surface area contributed by atoms with Crippen molar-refractivity contribution in [3.8, 4) is 11.6 Å². The van der Waals surface area contributed by atoms with Crippen LogP contribution in [-0.2, 0) is 21.2 Å². The first-order valence-corrected chi connectivity index (χ1v) is 16.5. The number of rotatable bonds is 17. The van der Waals surface area contributed by atoms with Gasteiger partial charge in [-0.2, -0.15) is 4.72 Å². The van der Waals surface area contributed by atoms with Crippen LogP contribution in [0.1, 0.15) is 24.8 Å². The lowest BCUT2D eigenvalue weighted by atomic mass is 9.76. The molecule has 1 aliphatic rings. The molecule has 16 nitrogen and oxygen atoms in total. The summed E-state index contributed by atoms with van der Waals surface area (Å²) < 4.78 is 34.1. The number of amides is 1. The van der Waals surface area contributed by atoms with Gasteiger partial charge < -0.3 is 50.7 Å². The Morgan fingerprint density at radius 3 is 1.92 bits per heavy atom. The summed E-state index contributed by atoms with van der Waals surface area (Å²) in [6.45, 7) is -1.45. The van der Waals surface area contributed by atoms with Crippen LogP contribution < -0.4 is 14.8 Å². The Hall–Kier alpha value is -3.56. The standard InChI is InChI=1S/C24H27BN4O6S.C6H14O6/c30-24(28-21(25(31)32)14-18-11-12-18)20(13-17-7-3-1-4-8-17)29-36(33,34)23-16-26-22(15-27-23)35-19-9-5-2-6-10-19;7-1-3(9)5(11)6(12)4(10)2-8/h1-10,15-16,18,20-21,29,31-32H,11-14H2,(H,28,30);3-12H,1-2H2/t20-,21-;3-,4-,5-,6-/m01/s1. The Bertz CT molecular complexity index is 1470. The number of para-hydroxylation sites is 1. The Balaban J connectivity index is 0.000000444. The highest BCUT2D eigenvalue weighted by Gasteiger charge is 2.35. The molecule has 0 saturated heterocycles. The Kier molecular flexibility index (Phi) is 15.3. The highest BCUT2D eigenvalue weighted by molar-refractivity contribution is 7.89. The summed E-state index contributed by atoms with van der Waals surface area (Å²) in [4.78, 5) is 21.1. The van der Waals surface area contributed by atoms with Crippen molar-refractivity contribution in [2.24, 2.45) is 5.92 Å². The van der Waals surface area contributed by atoms with Crippen molar-refractivity contribution in [3.63, 3.8) is 0 Å². The van der Waals surface area contributed by atoms with Crippen LogP contribution in [0.3, 0.4) is 0 Å². The minimum atomic E-state index is -4.25. The predicted octanol–water partition coefficient (Wildman–Crippen LogP) is -2.13. The quantitative estimate of drug-likeness (QED) is 0.0678. The van der Waals surface area contributed by atoms with Crippen LogP contribution in [0, 0.1) is 5.92 Å². The lowest BCUT2D eigenvalue weighted by Crippen LogP contribution is -2.54. The summed E-state index contributed by atoms with van der Waals surface area (Å²) in [6.07, 6.45) is -1.79. The Morgan fingerprint density at radius 2 is 1.44 bits per heavy atom. The van der Waals surface area contributed by atoms with E-state index in [1.165, 1.54) is 6.20 Å². The second-order valence-corrected chi connectivity index (χ2v) is 12.8. The average Bonchev–Trinajstić information content (AvgIpc) is 3.91. The number of aliphatic hydroxyl groups excluding tert-OH is 6. The van der Waals surface area contributed by atoms with E-state index in [2.05, 4.69) is 20.0 Å². The highest BCUT2D eigenvalue weighted by Crippen LogP contribution is 2.33. The van der Waals surface area contributed by atoms with Gasteiger partial charge in [-0.1, -0.05) is 61.4 Å². The lowest BCUT2D eigenvalue weighted by Gasteiger charge is -2.24. The van der Waals surface area contributed by atoms with Crippen molar-refractivity contribution >= 4 is 23.0 Å². The molecule has 1 amide bonds. The number of ether oxygens (including phenoxy) is 1. The van der Waals surface area contributed by atoms with Gasteiger partial charge in [-0.25, -0.2) is 18.4 Å². The van der Waals surface area contributed by atoms with Crippen LogP contribution in [0.15, 0.2) is 78.1 Å². The number of carbonyl (C=O) groups excluding carboxylic acids is 1. The zero-order valence-electron chi connectivity index (χ0n) is 25.8. The molecule has 0 spiro atoms. The smallest absolute Gasteiger partial charge is 0.438 e. The first-order valence-electron chi connectivity index (χ1n) is 15.1. The predicted molar refractivity (Wildman–Crippen MR) is 170 cm³/mol. The van der Waals surface area contributed by atoms with Gasteiger partial charge in [0, 0.05) is 0 Å². The molecule has 0 bridgehead atoms. The van der Waals surface area contributed by atoms with E-state index in [0.717, 1.165) is 24.6 Å². The molecule has 1 heterocycles. The molecule has 262 valence electrons. The molecule has 1 fully saturated rings. The third kappa shape index (κ3) is 12.5. The number of sulfonamides is 1. The van der Waals surface area contributed by atoms with E-state index in [4.69, 9.17) is 35.4 Å². The van der Waals surface area contributed by atoms with Crippen molar-refractivity contribution < 1.29 is 58.6 Å². The van der Waals surface area contributed by atoms with Crippen molar-refractivity contribution in [3.05, 3.63) is 78.6 Å². The minimum absolute atomic E-state index is 0.0478. The first kappa shape index (κ1) is 38.9. The summed E-state index contributed by atoms with van der Waals surface area (Å²) in [5, 5.41) is 73.8. The van der Waals surface area contributed by atoms with E-state index >= 15 is 0 Å². The van der Waals surface area contributed by atoms with Crippen LogP contribution in [0.4, 0.5) is 0 Å². The van der Waals surface area contributed by atoms with Gasteiger partial charge in [0.2, 0.25) is 11.8 Å². The van der Waals surface area contributed by atoms with Gasteiger partial charge in [0.25, 0.3) is 10.0 Å². The van der Waals surface area contributed by atoms with Gasteiger partial charge in [-0.15, -0.1) is 0 Å². The molecule has 1 aliphatic carbocycles. The summed E-state index contributed by atoms with van der Waals surface area (Å²) in [5.41, 5.74) is 0.723. The van der Waals surface area contributed by atoms with Gasteiger partial charge in [0.05, 0.1) is 31.5 Å². The molecule has 0 aliphatic heterocycles. The molecule has 0 unspecified atom stereocenters. The number of hydrogen-bond acceptors (Lipinski definition) is 14. The molecule has 6 atom stereocenters. The molecule has 18 heteroatoms. The third-order valence-corrected chi connectivity index (χ3v) is 8.58. The topological polar surface area (TPSA) is 272 Å². The van der Waals surface area contributed by atoms with Crippen LogP contribution in [0.5, 0.6) is 11.6 Å². The van der Waals surface area contributed by atoms with E-state index in [9.17, 15) is 23.3 Å². The minimum Gasteiger partial charge on any atom is -0.438 e. The number of hydrogen-bond donors (Lipinski definition) is 10. The average molecular weight is 693 g/mol. The molecule has 3 aromatic rings. The van der Waals surface area contributed by atoms with E-state index in [0.29, 0.717) is 18.1 Å². The molecule has 0 radical (unpaired) electrons. The number of aliphatic hydroxyl groups is 6. The molecular formula is C30H41BN4O12S. The number of nitrogens with one attached hydrogen (secondary N) is 2. The third-order valence-electron chi connectivity index (χ3n) is 7.23. The van der Waals surface area contributed by atoms with Crippen LogP contribution in [0.2, 0.25) is 0 Å². The Morgan fingerprint density at radius 1 is 0.875 bits per heavy atom. The first-order chi connectivity index (χ1) is 22.8.